The number of aryl methyl sites for hydroxylation is 3. The van der Waals surface area contributed by atoms with Crippen LogP contribution in [-0.2, 0) is 24.2 Å². The fourth-order valence-electron chi connectivity index (χ4n) is 3.60. The average molecular weight is 395 g/mol. The molecule has 0 radical (unpaired) electrons. The number of carbonyl (C=O) groups is 2. The van der Waals surface area contributed by atoms with Crippen molar-refractivity contribution in [3.63, 3.8) is 0 Å². The zero-order valence-electron chi connectivity index (χ0n) is 15.7. The van der Waals surface area contributed by atoms with E-state index in [9.17, 15) is 14.4 Å². The number of rotatable bonds is 5. The summed E-state index contributed by atoms with van der Waals surface area (Å²) in [6.45, 7) is 1.75. The lowest BCUT2D eigenvalue weighted by atomic mass is 9.97. The number of amides is 1. The fraction of sp³-hybridized carbons (Fsp3) is 0.333. The molecule has 0 bridgehead atoms. The molecule has 6 nitrogen and oxygen atoms in total. The second kappa shape index (κ2) is 7.67. The van der Waals surface area contributed by atoms with Crippen LogP contribution in [0, 0.1) is 0 Å². The number of benzene rings is 1. The van der Waals surface area contributed by atoms with Crippen LogP contribution in [0.2, 0.25) is 0 Å². The van der Waals surface area contributed by atoms with Crippen LogP contribution in [0.4, 0.5) is 5.69 Å². The predicted molar refractivity (Wildman–Crippen MR) is 110 cm³/mol. The van der Waals surface area contributed by atoms with Gasteiger partial charge in [0.05, 0.1) is 11.7 Å². The maximum atomic E-state index is 12.9. The first kappa shape index (κ1) is 18.6. The van der Waals surface area contributed by atoms with Crippen molar-refractivity contribution in [1.82, 2.24) is 9.55 Å². The highest BCUT2D eigenvalue weighted by atomic mass is 32.1. The van der Waals surface area contributed by atoms with Crippen LogP contribution in [0.5, 0.6) is 0 Å². The van der Waals surface area contributed by atoms with Crippen molar-refractivity contribution in [1.29, 1.82) is 0 Å². The third kappa shape index (κ3) is 3.62. The Kier molecular flexibility index (Phi) is 5.09. The largest absolute Gasteiger partial charge is 0.326 e. The number of nitrogens with one attached hydrogen (secondary N) is 1. The van der Waals surface area contributed by atoms with Crippen molar-refractivity contribution in [3.05, 3.63) is 57.0 Å². The topological polar surface area (TPSA) is 81.1 Å². The van der Waals surface area contributed by atoms with Crippen molar-refractivity contribution in [2.75, 3.05) is 5.32 Å². The van der Waals surface area contributed by atoms with Crippen molar-refractivity contribution in [2.45, 2.75) is 45.6 Å². The number of nitrogens with zero attached hydrogens (tertiary/aromatic N) is 2. The van der Waals surface area contributed by atoms with Crippen LogP contribution < -0.4 is 10.9 Å². The molecule has 0 saturated heterocycles. The number of aromatic nitrogens is 2. The Hall–Kier alpha value is -2.80. The van der Waals surface area contributed by atoms with Gasteiger partial charge in [0, 0.05) is 29.1 Å². The number of Topliss-reactive ketones (excluding diaryl/α,β-unsaturated/α-hetero) is 1. The monoisotopic (exact) mass is 395 g/mol. The van der Waals surface area contributed by atoms with Crippen LogP contribution >= 0.6 is 11.3 Å². The number of anilines is 1. The molecule has 0 atom stereocenters. The van der Waals surface area contributed by atoms with Gasteiger partial charge in [-0.25, -0.2) is 4.98 Å². The van der Waals surface area contributed by atoms with E-state index in [4.69, 9.17) is 0 Å². The van der Waals surface area contributed by atoms with Gasteiger partial charge in [-0.1, -0.05) is 12.1 Å². The molecule has 144 valence electrons. The van der Waals surface area contributed by atoms with Gasteiger partial charge in [0.2, 0.25) is 5.91 Å². The third-order valence-corrected chi connectivity index (χ3v) is 6.27. The number of hydrogen-bond donors (Lipinski definition) is 1. The summed E-state index contributed by atoms with van der Waals surface area (Å²) >= 11 is 1.62. The molecule has 2 heterocycles. The standard InChI is InChI=1S/C21H21N3O3S/c1-13(25)14-5-4-6-15(11-14)23-18(26)9-10-24-12-22-20-19(21(24)27)16-7-2-3-8-17(16)28-20/h4-6,11-12H,2-3,7-10H2,1H3,(H,23,26). The van der Waals surface area contributed by atoms with Gasteiger partial charge >= 0.3 is 0 Å². The number of ketones is 1. The molecule has 0 saturated carbocycles. The van der Waals surface area contributed by atoms with E-state index in [1.807, 2.05) is 0 Å². The summed E-state index contributed by atoms with van der Waals surface area (Å²) < 4.78 is 1.52. The second-order valence-corrected chi connectivity index (χ2v) is 8.15. The van der Waals surface area contributed by atoms with E-state index in [2.05, 4.69) is 10.3 Å². The van der Waals surface area contributed by atoms with E-state index in [1.54, 1.807) is 35.6 Å². The Morgan fingerprint density at radius 1 is 1.25 bits per heavy atom. The van der Waals surface area contributed by atoms with Crippen LogP contribution in [0.15, 0.2) is 35.4 Å². The lowest BCUT2D eigenvalue weighted by Crippen LogP contribution is -2.24. The number of hydrogen-bond acceptors (Lipinski definition) is 5. The summed E-state index contributed by atoms with van der Waals surface area (Å²) in [4.78, 5) is 43.2. The van der Waals surface area contributed by atoms with Gasteiger partial charge < -0.3 is 5.32 Å². The van der Waals surface area contributed by atoms with E-state index >= 15 is 0 Å². The summed E-state index contributed by atoms with van der Waals surface area (Å²) in [7, 11) is 0. The molecule has 1 amide bonds. The van der Waals surface area contributed by atoms with Gasteiger partial charge in [-0.3, -0.25) is 19.0 Å². The molecular weight excluding hydrogens is 374 g/mol. The smallest absolute Gasteiger partial charge is 0.262 e. The summed E-state index contributed by atoms with van der Waals surface area (Å²) in [5.41, 5.74) is 2.22. The molecule has 1 aliphatic carbocycles. The Bertz CT molecular complexity index is 1130. The number of fused-ring (bicyclic) bond motifs is 3. The molecule has 3 aromatic rings. The first-order chi connectivity index (χ1) is 13.5. The van der Waals surface area contributed by atoms with Crippen LogP contribution in [-0.4, -0.2) is 21.2 Å². The maximum Gasteiger partial charge on any atom is 0.262 e. The first-order valence-corrected chi connectivity index (χ1v) is 10.2. The molecule has 0 unspecified atom stereocenters. The highest BCUT2D eigenvalue weighted by Crippen LogP contribution is 2.33. The molecule has 1 aliphatic rings. The van der Waals surface area contributed by atoms with Crippen molar-refractivity contribution in [3.8, 4) is 0 Å². The molecule has 7 heteroatoms. The van der Waals surface area contributed by atoms with E-state index in [-0.39, 0.29) is 30.2 Å². The molecule has 1 aromatic carbocycles. The van der Waals surface area contributed by atoms with Gasteiger partial charge in [-0.05, 0) is 50.3 Å². The Balaban J connectivity index is 1.49. The minimum atomic E-state index is -0.208. The SMILES string of the molecule is CC(=O)c1cccc(NC(=O)CCn2cnc3sc4c(c3c2=O)CCCC4)c1. The summed E-state index contributed by atoms with van der Waals surface area (Å²) in [5.74, 6) is -0.263. The number of carbonyl (C=O) groups excluding carboxylic acids is 2. The zero-order chi connectivity index (χ0) is 19.7. The minimum Gasteiger partial charge on any atom is -0.326 e. The molecule has 4 rings (SSSR count). The van der Waals surface area contributed by atoms with E-state index in [0.717, 1.165) is 35.0 Å². The second-order valence-electron chi connectivity index (χ2n) is 7.07. The quantitative estimate of drug-likeness (QED) is 0.670. The highest BCUT2D eigenvalue weighted by Gasteiger charge is 2.20. The maximum absolute atomic E-state index is 12.9. The Morgan fingerprint density at radius 2 is 2.07 bits per heavy atom. The van der Waals surface area contributed by atoms with Crippen LogP contribution in [0.25, 0.3) is 10.2 Å². The van der Waals surface area contributed by atoms with E-state index < -0.39 is 0 Å². The molecule has 2 aromatic heterocycles. The molecule has 0 aliphatic heterocycles. The predicted octanol–water partition coefficient (Wildman–Crippen LogP) is 3.57. The Morgan fingerprint density at radius 3 is 2.89 bits per heavy atom. The summed E-state index contributed by atoms with van der Waals surface area (Å²) in [6, 6.07) is 6.83. The van der Waals surface area contributed by atoms with Crippen LogP contribution in [0.3, 0.4) is 0 Å². The van der Waals surface area contributed by atoms with Gasteiger partial charge in [-0.15, -0.1) is 11.3 Å². The van der Waals surface area contributed by atoms with Gasteiger partial charge in [-0.2, -0.15) is 0 Å². The fourth-order valence-corrected chi connectivity index (χ4v) is 4.82. The molecule has 0 fully saturated rings. The molecule has 28 heavy (non-hydrogen) atoms. The highest BCUT2D eigenvalue weighted by molar-refractivity contribution is 7.18. The third-order valence-electron chi connectivity index (χ3n) is 5.07. The minimum absolute atomic E-state index is 0.0545. The van der Waals surface area contributed by atoms with Crippen LogP contribution in [0.1, 0.15) is 47.0 Å². The van der Waals surface area contributed by atoms with Crippen molar-refractivity contribution < 1.29 is 9.59 Å². The number of thiophene rings is 1. The molecule has 0 spiro atoms. The molecule has 1 N–H and O–H groups in total. The zero-order valence-corrected chi connectivity index (χ0v) is 16.5. The van der Waals surface area contributed by atoms with E-state index in [1.165, 1.54) is 29.1 Å². The summed E-state index contributed by atoms with van der Waals surface area (Å²) in [5, 5.41) is 3.52. The van der Waals surface area contributed by atoms with E-state index in [0.29, 0.717) is 11.3 Å². The lowest BCUT2D eigenvalue weighted by molar-refractivity contribution is -0.116. The normalized spacial score (nSPS) is 13.3. The Labute approximate surface area is 166 Å². The van der Waals surface area contributed by atoms with Gasteiger partial charge in [0.25, 0.3) is 5.56 Å². The summed E-state index contributed by atoms with van der Waals surface area (Å²) in [6.07, 6.45) is 5.93. The van der Waals surface area contributed by atoms with Gasteiger partial charge in [0.15, 0.2) is 5.78 Å². The van der Waals surface area contributed by atoms with Gasteiger partial charge in [0.1, 0.15) is 4.83 Å². The van der Waals surface area contributed by atoms with Crippen molar-refractivity contribution in [2.24, 2.45) is 0 Å². The lowest BCUT2D eigenvalue weighted by Gasteiger charge is -2.10. The average Bonchev–Trinajstić information content (AvgIpc) is 3.07. The molecular formula is C21H21N3O3S. The van der Waals surface area contributed by atoms with Crippen molar-refractivity contribution >= 4 is 38.9 Å². The first-order valence-electron chi connectivity index (χ1n) is 9.43.